The van der Waals surface area contributed by atoms with Crippen LogP contribution in [0.2, 0.25) is 5.02 Å². The van der Waals surface area contributed by atoms with Crippen LogP contribution in [0.1, 0.15) is 10.4 Å². The number of halogens is 1. The predicted molar refractivity (Wildman–Crippen MR) is 121 cm³/mol. The third-order valence-corrected chi connectivity index (χ3v) is 5.77. The van der Waals surface area contributed by atoms with Crippen molar-refractivity contribution in [2.45, 2.75) is 0 Å². The smallest absolute Gasteiger partial charge is 0.253 e. The molecule has 1 saturated heterocycles. The Labute approximate surface area is 179 Å². The van der Waals surface area contributed by atoms with Crippen LogP contribution in [0.5, 0.6) is 0 Å². The van der Waals surface area contributed by atoms with Gasteiger partial charge < -0.3 is 14.8 Å². The maximum Gasteiger partial charge on any atom is 0.253 e. The van der Waals surface area contributed by atoms with E-state index in [1.807, 2.05) is 65.6 Å². The number of fused-ring (bicyclic) bond motifs is 1. The molecule has 4 aromatic rings. The summed E-state index contributed by atoms with van der Waals surface area (Å²) in [6.45, 7) is 3.13. The quantitative estimate of drug-likeness (QED) is 0.519. The second-order valence-corrected chi connectivity index (χ2v) is 7.88. The first-order chi connectivity index (χ1) is 14.7. The minimum Gasteiger partial charge on any atom is -0.368 e. The number of nitrogens with one attached hydrogen (secondary N) is 1. The van der Waals surface area contributed by atoms with Crippen molar-refractivity contribution in [3.63, 3.8) is 0 Å². The highest BCUT2D eigenvalue weighted by Crippen LogP contribution is 2.24. The van der Waals surface area contributed by atoms with Crippen LogP contribution < -0.4 is 4.90 Å². The number of carbonyl (C=O) groups is 1. The summed E-state index contributed by atoms with van der Waals surface area (Å²) in [5.41, 5.74) is 4.61. The first kappa shape index (κ1) is 18.7. The Morgan fingerprint density at radius 1 is 0.900 bits per heavy atom. The summed E-state index contributed by atoms with van der Waals surface area (Å²) in [5, 5.41) is 0.672. The van der Waals surface area contributed by atoms with Gasteiger partial charge in [0, 0.05) is 48.0 Å². The van der Waals surface area contributed by atoms with Gasteiger partial charge in [0.2, 0.25) is 0 Å². The fraction of sp³-hybridized carbons (Fsp3) is 0.167. The van der Waals surface area contributed by atoms with Gasteiger partial charge in [0.15, 0.2) is 0 Å². The lowest BCUT2D eigenvalue weighted by Gasteiger charge is -2.36. The summed E-state index contributed by atoms with van der Waals surface area (Å²) >= 11 is 6.05. The zero-order valence-corrected chi connectivity index (χ0v) is 17.1. The molecule has 5 rings (SSSR count). The first-order valence-electron chi connectivity index (χ1n) is 10.0. The summed E-state index contributed by atoms with van der Waals surface area (Å²) in [6.07, 6.45) is 0. The lowest BCUT2D eigenvalue weighted by Crippen LogP contribution is -2.48. The van der Waals surface area contributed by atoms with Crippen LogP contribution >= 0.6 is 11.6 Å². The zero-order chi connectivity index (χ0) is 20.5. The number of hydrogen-bond donors (Lipinski definition) is 1. The van der Waals surface area contributed by atoms with Gasteiger partial charge in [-0.2, -0.15) is 0 Å². The van der Waals surface area contributed by atoms with Crippen molar-refractivity contribution in [3.05, 3.63) is 83.4 Å². The van der Waals surface area contributed by atoms with Gasteiger partial charge in [-0.3, -0.25) is 4.79 Å². The van der Waals surface area contributed by atoms with Crippen LogP contribution in [-0.2, 0) is 0 Å². The Morgan fingerprint density at radius 3 is 2.37 bits per heavy atom. The van der Waals surface area contributed by atoms with Crippen molar-refractivity contribution in [3.8, 4) is 11.4 Å². The molecule has 5 nitrogen and oxygen atoms in total. The van der Waals surface area contributed by atoms with E-state index in [0.717, 1.165) is 48.6 Å². The molecule has 0 aliphatic carbocycles. The normalized spacial score (nSPS) is 14.3. The summed E-state index contributed by atoms with van der Waals surface area (Å²) in [5.74, 6) is 0.841. The van der Waals surface area contributed by atoms with E-state index in [1.54, 1.807) is 0 Å². The molecule has 1 amide bonds. The van der Waals surface area contributed by atoms with E-state index in [2.05, 4.69) is 27.0 Å². The third kappa shape index (κ3) is 3.64. The molecule has 1 N–H and O–H groups in total. The lowest BCUT2D eigenvalue weighted by atomic mass is 10.1. The van der Waals surface area contributed by atoms with Gasteiger partial charge in [-0.15, -0.1) is 0 Å². The summed E-state index contributed by atoms with van der Waals surface area (Å²) in [7, 11) is 0. The van der Waals surface area contributed by atoms with Gasteiger partial charge >= 0.3 is 0 Å². The van der Waals surface area contributed by atoms with E-state index in [9.17, 15) is 4.79 Å². The molecule has 1 aliphatic heterocycles. The van der Waals surface area contributed by atoms with Crippen LogP contribution in [0.3, 0.4) is 0 Å². The standard InChI is InChI=1S/C24H21ClN4O/c25-19-10-11-21-22(16-19)27-23(26-21)17-6-8-18(9-7-17)24(30)29-14-12-28(13-15-29)20-4-2-1-3-5-20/h1-11,16H,12-15H2,(H,26,27). The van der Waals surface area contributed by atoms with Crippen molar-refractivity contribution in [1.82, 2.24) is 14.9 Å². The number of aromatic nitrogens is 2. The number of carbonyl (C=O) groups excluding carboxylic acids is 1. The Morgan fingerprint density at radius 2 is 1.63 bits per heavy atom. The Hall–Kier alpha value is -3.31. The Balaban J connectivity index is 1.27. The second-order valence-electron chi connectivity index (χ2n) is 7.44. The average molecular weight is 417 g/mol. The Bertz CT molecular complexity index is 1180. The summed E-state index contributed by atoms with van der Waals surface area (Å²) < 4.78 is 0. The summed E-state index contributed by atoms with van der Waals surface area (Å²) in [6, 6.07) is 23.6. The molecule has 0 radical (unpaired) electrons. The molecule has 0 atom stereocenters. The molecular weight excluding hydrogens is 396 g/mol. The fourth-order valence-electron chi connectivity index (χ4n) is 3.88. The molecule has 0 unspecified atom stereocenters. The number of amides is 1. The van der Waals surface area contributed by atoms with Crippen molar-refractivity contribution in [2.75, 3.05) is 31.1 Å². The van der Waals surface area contributed by atoms with Gasteiger partial charge in [-0.05, 0) is 42.5 Å². The molecule has 1 fully saturated rings. The van der Waals surface area contributed by atoms with Crippen LogP contribution in [-0.4, -0.2) is 47.0 Å². The van der Waals surface area contributed by atoms with Crippen molar-refractivity contribution < 1.29 is 4.79 Å². The van der Waals surface area contributed by atoms with E-state index < -0.39 is 0 Å². The number of H-pyrrole nitrogens is 1. The molecule has 1 aliphatic rings. The average Bonchev–Trinajstić information content (AvgIpc) is 3.23. The number of piperazine rings is 1. The van der Waals surface area contributed by atoms with Gasteiger partial charge in [0.25, 0.3) is 5.91 Å². The molecule has 0 spiro atoms. The molecule has 0 bridgehead atoms. The first-order valence-corrected chi connectivity index (χ1v) is 10.4. The zero-order valence-electron chi connectivity index (χ0n) is 16.4. The molecule has 2 heterocycles. The Kier molecular flexibility index (Phi) is 4.89. The molecule has 6 heteroatoms. The second kappa shape index (κ2) is 7.84. The van der Waals surface area contributed by atoms with E-state index >= 15 is 0 Å². The highest BCUT2D eigenvalue weighted by molar-refractivity contribution is 6.31. The molecule has 0 saturated carbocycles. The number of aromatic amines is 1. The maximum absolute atomic E-state index is 12.9. The lowest BCUT2D eigenvalue weighted by molar-refractivity contribution is 0.0747. The SMILES string of the molecule is O=C(c1ccc(-c2nc3ccc(Cl)cc3[nH]2)cc1)N1CCN(c2ccccc2)CC1. The molecular formula is C24H21ClN4O. The molecule has 150 valence electrons. The number of benzene rings is 3. The minimum atomic E-state index is 0.0747. The molecule has 1 aromatic heterocycles. The predicted octanol–water partition coefficient (Wildman–Crippen LogP) is 4.85. The van der Waals surface area contributed by atoms with E-state index in [0.29, 0.717) is 10.6 Å². The monoisotopic (exact) mass is 416 g/mol. The number of hydrogen-bond acceptors (Lipinski definition) is 3. The van der Waals surface area contributed by atoms with Crippen LogP contribution in [0.4, 0.5) is 5.69 Å². The number of anilines is 1. The highest BCUT2D eigenvalue weighted by Gasteiger charge is 2.22. The van der Waals surface area contributed by atoms with Gasteiger partial charge in [0.05, 0.1) is 11.0 Å². The topological polar surface area (TPSA) is 52.2 Å². The van der Waals surface area contributed by atoms with Crippen molar-refractivity contribution >= 4 is 34.2 Å². The van der Waals surface area contributed by atoms with Crippen LogP contribution in [0.15, 0.2) is 72.8 Å². The van der Waals surface area contributed by atoms with Gasteiger partial charge in [0.1, 0.15) is 5.82 Å². The van der Waals surface area contributed by atoms with Gasteiger partial charge in [-0.1, -0.05) is 41.9 Å². The molecule has 30 heavy (non-hydrogen) atoms. The van der Waals surface area contributed by atoms with Crippen LogP contribution in [0, 0.1) is 0 Å². The van der Waals surface area contributed by atoms with Crippen molar-refractivity contribution in [2.24, 2.45) is 0 Å². The fourth-order valence-corrected chi connectivity index (χ4v) is 4.05. The van der Waals surface area contributed by atoms with Crippen LogP contribution in [0.25, 0.3) is 22.4 Å². The number of imidazole rings is 1. The largest absolute Gasteiger partial charge is 0.368 e. The number of rotatable bonds is 3. The maximum atomic E-state index is 12.9. The third-order valence-electron chi connectivity index (χ3n) is 5.54. The van der Waals surface area contributed by atoms with E-state index in [-0.39, 0.29) is 5.91 Å². The van der Waals surface area contributed by atoms with E-state index in [1.165, 1.54) is 5.69 Å². The summed E-state index contributed by atoms with van der Waals surface area (Å²) in [4.78, 5) is 25.1. The number of para-hydroxylation sites is 1. The van der Waals surface area contributed by atoms with Gasteiger partial charge in [-0.25, -0.2) is 4.98 Å². The van der Waals surface area contributed by atoms with E-state index in [4.69, 9.17) is 11.6 Å². The highest BCUT2D eigenvalue weighted by atomic mass is 35.5. The number of nitrogens with zero attached hydrogens (tertiary/aromatic N) is 3. The molecule has 3 aromatic carbocycles. The minimum absolute atomic E-state index is 0.0747. The van der Waals surface area contributed by atoms with Crippen molar-refractivity contribution in [1.29, 1.82) is 0 Å².